The molecule has 0 fully saturated rings. The van der Waals surface area contributed by atoms with E-state index in [2.05, 4.69) is 15.8 Å². The van der Waals surface area contributed by atoms with Crippen LogP contribution in [0.5, 0.6) is 0 Å². The third-order valence-corrected chi connectivity index (χ3v) is 4.90. The number of likely N-dealkylation sites (N-methyl/N-ethyl adjacent to an activating group) is 1. The molecule has 0 spiro atoms. The second-order valence-corrected chi connectivity index (χ2v) is 7.22. The van der Waals surface area contributed by atoms with Crippen LogP contribution in [0.3, 0.4) is 0 Å². The fourth-order valence-corrected chi connectivity index (χ4v) is 3.35. The molecule has 2 aromatic heterocycles. The lowest BCUT2D eigenvalue weighted by molar-refractivity contribution is -0.117. The zero-order valence-electron chi connectivity index (χ0n) is 15.8. The average molecular weight is 398 g/mol. The van der Waals surface area contributed by atoms with E-state index in [9.17, 15) is 9.59 Å². The van der Waals surface area contributed by atoms with Crippen LogP contribution in [0.4, 0.5) is 11.4 Å². The van der Waals surface area contributed by atoms with Crippen LogP contribution < -0.4 is 10.6 Å². The zero-order chi connectivity index (χ0) is 19.9. The first-order valence-electron chi connectivity index (χ1n) is 8.93. The van der Waals surface area contributed by atoms with Crippen LogP contribution in [-0.4, -0.2) is 35.0 Å². The number of nitrogens with one attached hydrogen (secondary N) is 2. The molecule has 0 bridgehead atoms. The molecule has 0 atom stereocenters. The summed E-state index contributed by atoms with van der Waals surface area (Å²) >= 11 is 1.60. The topological polar surface area (TPSA) is 87.5 Å². The molecule has 2 heterocycles. The maximum atomic E-state index is 12.4. The van der Waals surface area contributed by atoms with E-state index in [4.69, 9.17) is 4.52 Å². The van der Waals surface area contributed by atoms with Crippen LogP contribution in [0.25, 0.3) is 10.6 Å². The molecule has 0 saturated carbocycles. The highest BCUT2D eigenvalue weighted by molar-refractivity contribution is 7.13. The van der Waals surface area contributed by atoms with Gasteiger partial charge in [0.15, 0.2) is 5.76 Å². The minimum atomic E-state index is -0.134. The summed E-state index contributed by atoms with van der Waals surface area (Å²) in [5.41, 5.74) is 2.16. The van der Waals surface area contributed by atoms with Crippen molar-refractivity contribution >= 4 is 34.5 Å². The Labute approximate surface area is 167 Å². The molecule has 28 heavy (non-hydrogen) atoms. The molecule has 1 aromatic carbocycles. The molecule has 0 aliphatic rings. The minimum absolute atomic E-state index is 0.115. The number of rotatable bonds is 8. The van der Waals surface area contributed by atoms with Gasteiger partial charge in [0.2, 0.25) is 11.8 Å². The number of aromatic nitrogens is 1. The maximum absolute atomic E-state index is 12.4. The van der Waals surface area contributed by atoms with Gasteiger partial charge in [-0.05, 0) is 42.3 Å². The highest BCUT2D eigenvalue weighted by atomic mass is 32.1. The molecule has 3 aromatic rings. The van der Waals surface area contributed by atoms with Crippen molar-refractivity contribution in [2.75, 3.05) is 23.7 Å². The summed E-state index contributed by atoms with van der Waals surface area (Å²) in [6.45, 7) is 4.92. The summed E-state index contributed by atoms with van der Waals surface area (Å²) in [7, 11) is 0. The second-order valence-electron chi connectivity index (χ2n) is 6.27. The number of thiophene rings is 1. The third-order valence-electron chi connectivity index (χ3n) is 4.01. The molecule has 0 saturated heterocycles. The van der Waals surface area contributed by atoms with E-state index in [1.54, 1.807) is 35.6 Å². The summed E-state index contributed by atoms with van der Waals surface area (Å²) in [6, 6.07) is 12.9. The number of hydrogen-bond donors (Lipinski definition) is 2. The summed E-state index contributed by atoms with van der Waals surface area (Å²) in [6.07, 6.45) is 0. The lowest BCUT2D eigenvalue weighted by Crippen LogP contribution is -2.32. The van der Waals surface area contributed by atoms with E-state index in [0.717, 1.165) is 16.3 Å². The van der Waals surface area contributed by atoms with Crippen molar-refractivity contribution in [2.45, 2.75) is 20.4 Å². The molecule has 0 aliphatic heterocycles. The van der Waals surface area contributed by atoms with Gasteiger partial charge >= 0.3 is 0 Å². The number of amides is 2. The molecule has 8 heteroatoms. The fourth-order valence-electron chi connectivity index (χ4n) is 2.67. The summed E-state index contributed by atoms with van der Waals surface area (Å²) in [5.74, 6) is 0.492. The molecule has 2 N–H and O–H groups in total. The first-order valence-corrected chi connectivity index (χ1v) is 9.80. The number of carbonyl (C=O) groups is 2. The average Bonchev–Trinajstić information content (AvgIpc) is 3.34. The largest absolute Gasteiger partial charge is 0.355 e. The van der Waals surface area contributed by atoms with E-state index < -0.39 is 0 Å². The molecular formula is C20H22N4O3S. The van der Waals surface area contributed by atoms with Gasteiger partial charge in [-0.1, -0.05) is 18.1 Å². The van der Waals surface area contributed by atoms with Gasteiger partial charge in [0.05, 0.1) is 17.1 Å². The summed E-state index contributed by atoms with van der Waals surface area (Å²) < 4.78 is 5.40. The first kappa shape index (κ1) is 19.8. The lowest BCUT2D eigenvalue weighted by Gasteiger charge is -2.18. The second kappa shape index (κ2) is 9.29. The molecule has 0 radical (unpaired) electrons. The van der Waals surface area contributed by atoms with Crippen LogP contribution in [0.15, 0.2) is 52.4 Å². The Morgan fingerprint density at radius 2 is 1.86 bits per heavy atom. The van der Waals surface area contributed by atoms with Crippen molar-refractivity contribution in [3.8, 4) is 10.6 Å². The van der Waals surface area contributed by atoms with Crippen LogP contribution in [0.2, 0.25) is 0 Å². The smallest absolute Gasteiger partial charge is 0.238 e. The third kappa shape index (κ3) is 5.51. The quantitative estimate of drug-likeness (QED) is 0.602. The Morgan fingerprint density at radius 1 is 1.14 bits per heavy atom. The molecule has 2 amide bonds. The van der Waals surface area contributed by atoms with Gasteiger partial charge in [0.1, 0.15) is 0 Å². The number of anilines is 2. The Kier molecular flexibility index (Phi) is 6.57. The molecule has 0 unspecified atom stereocenters. The summed E-state index contributed by atoms with van der Waals surface area (Å²) in [4.78, 5) is 26.4. The molecule has 0 aliphatic carbocycles. The van der Waals surface area contributed by atoms with E-state index >= 15 is 0 Å². The first-order chi connectivity index (χ1) is 13.5. The van der Waals surface area contributed by atoms with Crippen molar-refractivity contribution in [3.05, 3.63) is 53.5 Å². The number of nitrogens with zero attached hydrogens (tertiary/aromatic N) is 2. The van der Waals surface area contributed by atoms with E-state index in [-0.39, 0.29) is 18.4 Å². The highest BCUT2D eigenvalue weighted by Crippen LogP contribution is 2.25. The van der Waals surface area contributed by atoms with Gasteiger partial charge in [-0.15, -0.1) is 11.3 Å². The number of hydrogen-bond acceptors (Lipinski definition) is 6. The van der Waals surface area contributed by atoms with Gasteiger partial charge in [0, 0.05) is 30.9 Å². The van der Waals surface area contributed by atoms with Gasteiger partial charge in [0.25, 0.3) is 0 Å². The number of benzene rings is 1. The van der Waals surface area contributed by atoms with Crippen molar-refractivity contribution in [1.82, 2.24) is 10.1 Å². The van der Waals surface area contributed by atoms with E-state index in [1.807, 2.05) is 35.4 Å². The highest BCUT2D eigenvalue weighted by Gasteiger charge is 2.14. The SMILES string of the molecule is CCN(CC(=O)Nc1ccc(NC(C)=O)cc1)Cc1cc(-c2cccs2)on1. The monoisotopic (exact) mass is 398 g/mol. The lowest BCUT2D eigenvalue weighted by atomic mass is 10.2. The minimum Gasteiger partial charge on any atom is -0.355 e. The predicted molar refractivity (Wildman–Crippen MR) is 110 cm³/mol. The normalized spacial score (nSPS) is 10.8. The van der Waals surface area contributed by atoms with Crippen LogP contribution in [-0.2, 0) is 16.1 Å². The van der Waals surface area contributed by atoms with E-state index in [0.29, 0.717) is 24.5 Å². The number of carbonyl (C=O) groups excluding carboxylic acids is 2. The predicted octanol–water partition coefficient (Wildman–Crippen LogP) is 3.82. The Balaban J connectivity index is 1.54. The maximum Gasteiger partial charge on any atom is 0.238 e. The molecule has 7 nitrogen and oxygen atoms in total. The molecule has 146 valence electrons. The standard InChI is InChI=1S/C20H22N4O3S/c1-3-24(12-17-11-18(27-23-17)19-5-4-10-28-19)13-20(26)22-16-8-6-15(7-9-16)21-14(2)25/h4-11H,3,12-13H2,1-2H3,(H,21,25)(H,22,26). The van der Waals surface area contributed by atoms with Gasteiger partial charge in [-0.2, -0.15) is 0 Å². The van der Waals surface area contributed by atoms with Gasteiger partial charge in [-0.3, -0.25) is 14.5 Å². The van der Waals surface area contributed by atoms with Crippen LogP contribution in [0.1, 0.15) is 19.5 Å². The van der Waals surface area contributed by atoms with E-state index in [1.165, 1.54) is 6.92 Å². The van der Waals surface area contributed by atoms with Gasteiger partial charge < -0.3 is 15.2 Å². The molecular weight excluding hydrogens is 376 g/mol. The summed E-state index contributed by atoms with van der Waals surface area (Å²) in [5, 5.41) is 11.7. The van der Waals surface area contributed by atoms with Crippen molar-refractivity contribution in [2.24, 2.45) is 0 Å². The zero-order valence-corrected chi connectivity index (χ0v) is 16.6. The molecule has 3 rings (SSSR count). The Hall–Kier alpha value is -2.97. The Bertz CT molecular complexity index is 919. The van der Waals surface area contributed by atoms with Gasteiger partial charge in [-0.25, -0.2) is 0 Å². The van der Waals surface area contributed by atoms with Crippen LogP contribution in [0, 0.1) is 0 Å². The Morgan fingerprint density at radius 3 is 2.46 bits per heavy atom. The van der Waals surface area contributed by atoms with Crippen molar-refractivity contribution in [1.29, 1.82) is 0 Å². The fraction of sp³-hybridized carbons (Fsp3) is 0.250. The van der Waals surface area contributed by atoms with Crippen molar-refractivity contribution < 1.29 is 14.1 Å². The van der Waals surface area contributed by atoms with Crippen LogP contribution >= 0.6 is 11.3 Å². The van der Waals surface area contributed by atoms with Crippen molar-refractivity contribution in [3.63, 3.8) is 0 Å².